The van der Waals surface area contributed by atoms with Gasteiger partial charge in [0.2, 0.25) is 16.7 Å². The molecule has 4 aromatic rings. The molecule has 74 heavy (non-hydrogen) atoms. The number of nitrogens with one attached hydrogen (secondary N) is 1. The third-order valence-electron chi connectivity index (χ3n) is 11.2. The van der Waals surface area contributed by atoms with Gasteiger partial charge in [-0.15, -0.1) is 0 Å². The van der Waals surface area contributed by atoms with Crippen LogP contribution in [0.1, 0.15) is 107 Å². The van der Waals surface area contributed by atoms with Gasteiger partial charge in [0.05, 0.1) is 48.7 Å². The minimum atomic E-state index is -2.04. The van der Waals surface area contributed by atoms with Gasteiger partial charge in [-0.2, -0.15) is 4.39 Å². The lowest BCUT2D eigenvalue weighted by Gasteiger charge is -2.25. The molecule has 396 valence electrons. The van der Waals surface area contributed by atoms with Crippen molar-refractivity contribution in [1.82, 2.24) is 14.5 Å². The van der Waals surface area contributed by atoms with E-state index in [-0.39, 0.29) is 58.4 Å². The molecular formula is C46H50B2F4N4O18. The van der Waals surface area contributed by atoms with Crippen LogP contribution in [0.3, 0.4) is 0 Å². The van der Waals surface area contributed by atoms with Crippen molar-refractivity contribution in [1.29, 1.82) is 0 Å². The molecule has 2 atom stereocenters. The second-order valence-electron chi connectivity index (χ2n) is 18.2. The molecule has 2 saturated carbocycles. The van der Waals surface area contributed by atoms with Gasteiger partial charge in [-0.05, 0) is 58.6 Å². The van der Waals surface area contributed by atoms with Crippen LogP contribution in [-0.2, 0) is 51.8 Å². The standard InChI is InChI=1S/C28H34BF2N3O10.C18H16BF2NO8/c1-14(35)42-29(43-15(2)36)44-26(38)19-12-34(17-7-8-17)22-18(24(19)37)9-20(31)23(25(22)40-6)33-11-16(10-30)21(13-33)32-27(39)41-28(3,4)5;1-8(23)28-19(29-9(2)24)30-18(26)12-7-22(10-4-5-10)15-11(16(12)25)6-13(20)14(21)17(15)27-3/h9,12,16-17,21H,7-8,10-11,13H2,1-6H3,(H,32,39);6-7,10H,4-5H2,1-3H3/t16-,21+;/m0./s1. The highest BCUT2D eigenvalue weighted by Gasteiger charge is 2.41. The molecule has 0 bridgehead atoms. The molecule has 2 aliphatic carbocycles. The molecule has 3 heterocycles. The van der Waals surface area contributed by atoms with Crippen LogP contribution < -0.4 is 30.5 Å². The Labute approximate surface area is 418 Å². The number of anilines is 1. The second-order valence-corrected chi connectivity index (χ2v) is 18.2. The number of fused-ring (bicyclic) bond motifs is 2. The van der Waals surface area contributed by atoms with E-state index in [0.717, 1.165) is 47.1 Å². The maximum absolute atomic E-state index is 15.9. The molecule has 0 unspecified atom stereocenters. The summed E-state index contributed by atoms with van der Waals surface area (Å²) in [5.74, 6) is -10.9. The van der Waals surface area contributed by atoms with Gasteiger partial charge in [0.15, 0.2) is 23.1 Å². The maximum atomic E-state index is 15.9. The van der Waals surface area contributed by atoms with Crippen LogP contribution in [-0.4, -0.2) is 111 Å². The topological polar surface area (TPSA) is 262 Å². The minimum Gasteiger partial charge on any atom is -0.492 e. The average molecular weight is 1040 g/mol. The maximum Gasteiger partial charge on any atom is 0.870 e. The van der Waals surface area contributed by atoms with Crippen LogP contribution >= 0.6 is 0 Å². The first-order chi connectivity index (χ1) is 34.8. The van der Waals surface area contributed by atoms with Crippen LogP contribution in [0.15, 0.2) is 34.1 Å². The van der Waals surface area contributed by atoms with Crippen molar-refractivity contribution in [2.45, 2.75) is 97.9 Å². The van der Waals surface area contributed by atoms with Crippen LogP contribution in [0.4, 0.5) is 28.0 Å². The number of nitrogens with zero attached hydrogens (tertiary/aromatic N) is 3. The molecule has 7 rings (SSSR count). The Kier molecular flexibility index (Phi) is 16.9. The molecule has 1 amide bonds. The number of halogens is 4. The van der Waals surface area contributed by atoms with Crippen molar-refractivity contribution >= 4 is 84.0 Å². The largest absolute Gasteiger partial charge is 0.870 e. The average Bonchev–Trinajstić information content (AvgIpc) is 4.24. The van der Waals surface area contributed by atoms with E-state index in [1.165, 1.54) is 22.8 Å². The van der Waals surface area contributed by atoms with Gasteiger partial charge >= 0.3 is 32.7 Å². The van der Waals surface area contributed by atoms with Gasteiger partial charge < -0.3 is 61.5 Å². The molecule has 1 saturated heterocycles. The van der Waals surface area contributed by atoms with Gasteiger partial charge in [-0.1, -0.05) is 0 Å². The van der Waals surface area contributed by atoms with Crippen molar-refractivity contribution in [2.24, 2.45) is 5.92 Å². The summed E-state index contributed by atoms with van der Waals surface area (Å²) >= 11 is 0. The van der Waals surface area contributed by atoms with Crippen molar-refractivity contribution < 1.29 is 93.3 Å². The van der Waals surface area contributed by atoms with E-state index >= 15 is 4.39 Å². The van der Waals surface area contributed by atoms with Gasteiger partial charge in [-0.3, -0.25) is 33.2 Å². The fourth-order valence-corrected chi connectivity index (χ4v) is 7.94. The molecule has 3 aliphatic rings. The number of amides is 1. The first kappa shape index (κ1) is 55.5. The van der Waals surface area contributed by atoms with Crippen LogP contribution in [0, 0.1) is 23.4 Å². The Bertz CT molecular complexity index is 3020. The number of methoxy groups -OCH3 is 2. The smallest absolute Gasteiger partial charge is 0.492 e. The van der Waals surface area contributed by atoms with E-state index in [4.69, 9.17) is 32.8 Å². The number of benzene rings is 2. The molecule has 3 fully saturated rings. The lowest BCUT2D eigenvalue weighted by Crippen LogP contribution is -2.43. The molecule has 2 aromatic carbocycles. The number of ether oxygens (including phenoxy) is 3. The third kappa shape index (κ3) is 12.9. The molecule has 1 N–H and O–H groups in total. The highest BCUT2D eigenvalue weighted by Crippen LogP contribution is 2.45. The molecule has 22 nitrogen and oxygen atoms in total. The van der Waals surface area contributed by atoms with Crippen LogP contribution in [0.2, 0.25) is 0 Å². The number of carbonyl (C=O) groups is 7. The first-order valence-electron chi connectivity index (χ1n) is 22.7. The number of hydrogen-bond acceptors (Lipinski definition) is 19. The SMILES string of the molecule is COc1c(F)c(F)cc2c(=O)c(C(=O)OB(OC(C)=O)OC(C)=O)cn(C3CC3)c12.COc1c(N2C[C@H](CF)[C@H](NC(=O)OC(C)(C)C)C2)c(F)cc2c(=O)c(C(=O)OB(OC(C)=O)OC(C)=O)cn(C3CC3)c12. The van der Waals surface area contributed by atoms with Crippen molar-refractivity contribution in [3.63, 3.8) is 0 Å². The number of pyridine rings is 2. The van der Waals surface area contributed by atoms with Crippen molar-refractivity contribution in [2.75, 3.05) is 38.9 Å². The number of alkyl carbamates (subject to hydrolysis) is 1. The Morgan fingerprint density at radius 1 is 0.649 bits per heavy atom. The predicted molar refractivity (Wildman–Crippen MR) is 250 cm³/mol. The van der Waals surface area contributed by atoms with Crippen LogP contribution in [0.5, 0.6) is 11.5 Å². The monoisotopic (exact) mass is 1040 g/mol. The zero-order chi connectivity index (χ0) is 54.7. The Morgan fingerprint density at radius 3 is 1.45 bits per heavy atom. The zero-order valence-electron chi connectivity index (χ0n) is 41.4. The molecule has 1 aliphatic heterocycles. The number of alkyl halides is 1. The third-order valence-corrected chi connectivity index (χ3v) is 11.2. The normalized spacial score (nSPS) is 16.0. The lowest BCUT2D eigenvalue weighted by molar-refractivity contribution is -0.142. The van der Waals surface area contributed by atoms with Crippen LogP contribution in [0.25, 0.3) is 21.8 Å². The van der Waals surface area contributed by atoms with Gasteiger partial charge in [0, 0.05) is 71.2 Å². The summed E-state index contributed by atoms with van der Waals surface area (Å²) in [5, 5.41) is 2.16. The van der Waals surface area contributed by atoms with Crippen molar-refractivity contribution in [3.05, 3.63) is 73.6 Å². The van der Waals surface area contributed by atoms with E-state index in [1.54, 1.807) is 25.3 Å². The first-order valence-corrected chi connectivity index (χ1v) is 22.7. The second kappa shape index (κ2) is 22.5. The Morgan fingerprint density at radius 2 is 1.07 bits per heavy atom. The molecular weight excluding hydrogens is 994 g/mol. The van der Waals surface area contributed by atoms with E-state index in [1.807, 2.05) is 0 Å². The quantitative estimate of drug-likeness (QED) is 0.122. The number of rotatable bonds is 15. The van der Waals surface area contributed by atoms with E-state index in [0.29, 0.717) is 31.7 Å². The summed E-state index contributed by atoms with van der Waals surface area (Å²) in [6.45, 7) is 8.31. The number of hydrogen-bond donors (Lipinski definition) is 1. The minimum absolute atomic E-state index is 0.00280. The van der Waals surface area contributed by atoms with Gasteiger partial charge in [0.1, 0.15) is 22.4 Å². The summed E-state index contributed by atoms with van der Waals surface area (Å²) in [6.07, 6.45) is 4.34. The fraction of sp³-hybridized carbons (Fsp3) is 0.457. The zero-order valence-corrected chi connectivity index (χ0v) is 41.4. The number of aromatic nitrogens is 2. The van der Waals surface area contributed by atoms with Gasteiger partial charge in [-0.25, -0.2) is 23.2 Å². The Hall–Kier alpha value is -7.80. The molecule has 2 aromatic heterocycles. The summed E-state index contributed by atoms with van der Waals surface area (Å²) in [5.41, 5.74) is -3.57. The fourth-order valence-electron chi connectivity index (χ4n) is 7.94. The van der Waals surface area contributed by atoms with E-state index in [9.17, 15) is 56.3 Å². The van der Waals surface area contributed by atoms with Gasteiger partial charge in [0.25, 0.3) is 23.9 Å². The molecule has 28 heteroatoms. The summed E-state index contributed by atoms with van der Waals surface area (Å²) in [4.78, 5) is 111. The summed E-state index contributed by atoms with van der Waals surface area (Å²) in [7, 11) is -1.64. The van der Waals surface area contributed by atoms with E-state index in [2.05, 4.69) is 14.6 Å². The van der Waals surface area contributed by atoms with E-state index < -0.39 is 126 Å². The molecule has 0 spiro atoms. The highest BCUT2D eigenvalue weighted by atomic mass is 19.2. The number of carbonyl (C=O) groups excluding carboxylic acids is 7. The van der Waals surface area contributed by atoms with Crippen molar-refractivity contribution in [3.8, 4) is 11.5 Å². The Balaban J connectivity index is 0.000000259. The lowest BCUT2D eigenvalue weighted by atomic mass is 10.1. The predicted octanol–water partition coefficient (Wildman–Crippen LogP) is 4.94. The summed E-state index contributed by atoms with van der Waals surface area (Å²) < 4.78 is 105. The molecule has 0 radical (unpaired) electrons. The summed E-state index contributed by atoms with van der Waals surface area (Å²) in [6, 6.07) is 0.574. The highest BCUT2D eigenvalue weighted by molar-refractivity contribution is 6.45.